The standard InChI is InChI=1S/C13H16F2O/c14-11-5-6-12(15)10(8-11)7-9-3-1-2-4-13(9)16/h5-6,8-9,13,16H,1-4,7H2. The van der Waals surface area contributed by atoms with Crippen molar-refractivity contribution in [2.24, 2.45) is 5.92 Å². The molecule has 1 fully saturated rings. The second-order valence-electron chi connectivity index (χ2n) is 4.55. The molecular weight excluding hydrogens is 210 g/mol. The van der Waals surface area contributed by atoms with Gasteiger partial charge in [0.15, 0.2) is 0 Å². The summed E-state index contributed by atoms with van der Waals surface area (Å²) in [5.74, 6) is -0.717. The van der Waals surface area contributed by atoms with E-state index in [4.69, 9.17) is 0 Å². The third kappa shape index (κ3) is 2.59. The van der Waals surface area contributed by atoms with Crippen LogP contribution in [0.1, 0.15) is 31.2 Å². The van der Waals surface area contributed by atoms with Crippen molar-refractivity contribution in [1.29, 1.82) is 0 Å². The molecule has 0 bridgehead atoms. The highest BCUT2D eigenvalue weighted by atomic mass is 19.1. The first-order chi connectivity index (χ1) is 7.66. The summed E-state index contributed by atoms with van der Waals surface area (Å²) in [5.41, 5.74) is 0.381. The Kier molecular flexibility index (Phi) is 3.54. The molecule has 1 aliphatic rings. The summed E-state index contributed by atoms with van der Waals surface area (Å²) < 4.78 is 26.4. The predicted molar refractivity (Wildman–Crippen MR) is 58.0 cm³/mol. The zero-order valence-corrected chi connectivity index (χ0v) is 9.13. The Hall–Kier alpha value is -0.960. The molecule has 1 aliphatic carbocycles. The maximum atomic E-state index is 13.4. The summed E-state index contributed by atoms with van der Waals surface area (Å²) in [6.07, 6.45) is 3.85. The smallest absolute Gasteiger partial charge is 0.126 e. The molecule has 0 amide bonds. The van der Waals surface area contributed by atoms with Crippen molar-refractivity contribution in [2.75, 3.05) is 0 Å². The fourth-order valence-corrected chi connectivity index (χ4v) is 2.41. The number of rotatable bonds is 2. The van der Waals surface area contributed by atoms with Crippen molar-refractivity contribution in [2.45, 2.75) is 38.2 Å². The molecule has 16 heavy (non-hydrogen) atoms. The molecule has 0 spiro atoms. The Labute approximate surface area is 94.1 Å². The van der Waals surface area contributed by atoms with Gasteiger partial charge in [0, 0.05) is 0 Å². The molecule has 2 atom stereocenters. The Balaban J connectivity index is 2.10. The Bertz CT molecular complexity index is 365. The Morgan fingerprint density at radius 2 is 1.94 bits per heavy atom. The number of aliphatic hydroxyl groups excluding tert-OH is 1. The zero-order chi connectivity index (χ0) is 11.5. The molecular formula is C13H16F2O. The minimum absolute atomic E-state index is 0.0741. The fraction of sp³-hybridized carbons (Fsp3) is 0.538. The molecule has 0 heterocycles. The first-order valence-electron chi connectivity index (χ1n) is 5.79. The molecule has 0 saturated heterocycles. The van der Waals surface area contributed by atoms with Crippen molar-refractivity contribution < 1.29 is 13.9 Å². The van der Waals surface area contributed by atoms with E-state index in [0.717, 1.165) is 37.8 Å². The van der Waals surface area contributed by atoms with Gasteiger partial charge in [0.25, 0.3) is 0 Å². The van der Waals surface area contributed by atoms with Gasteiger partial charge in [-0.1, -0.05) is 12.8 Å². The van der Waals surface area contributed by atoms with E-state index in [1.54, 1.807) is 0 Å². The molecule has 0 aromatic heterocycles. The van der Waals surface area contributed by atoms with Crippen molar-refractivity contribution in [1.82, 2.24) is 0 Å². The first-order valence-corrected chi connectivity index (χ1v) is 5.79. The molecule has 3 heteroatoms. The topological polar surface area (TPSA) is 20.2 Å². The summed E-state index contributed by atoms with van der Waals surface area (Å²) in [7, 11) is 0. The van der Waals surface area contributed by atoms with E-state index in [1.165, 1.54) is 6.07 Å². The van der Waals surface area contributed by atoms with Gasteiger partial charge >= 0.3 is 0 Å². The van der Waals surface area contributed by atoms with Crippen LogP contribution in [0.15, 0.2) is 18.2 Å². The quantitative estimate of drug-likeness (QED) is 0.821. The number of hydrogen-bond donors (Lipinski definition) is 1. The minimum atomic E-state index is -0.415. The molecule has 1 aromatic carbocycles. The normalized spacial score (nSPS) is 25.7. The van der Waals surface area contributed by atoms with E-state index >= 15 is 0 Å². The largest absolute Gasteiger partial charge is 0.393 e. The van der Waals surface area contributed by atoms with Crippen LogP contribution < -0.4 is 0 Å². The van der Waals surface area contributed by atoms with Crippen LogP contribution in [0.4, 0.5) is 8.78 Å². The van der Waals surface area contributed by atoms with Crippen LogP contribution in [-0.4, -0.2) is 11.2 Å². The highest BCUT2D eigenvalue weighted by Crippen LogP contribution is 2.28. The van der Waals surface area contributed by atoms with E-state index in [0.29, 0.717) is 12.0 Å². The first kappa shape index (κ1) is 11.5. The van der Waals surface area contributed by atoms with Gasteiger partial charge in [0.05, 0.1) is 6.10 Å². The van der Waals surface area contributed by atoms with Crippen LogP contribution in [-0.2, 0) is 6.42 Å². The van der Waals surface area contributed by atoms with E-state index in [-0.39, 0.29) is 17.8 Å². The van der Waals surface area contributed by atoms with Crippen LogP contribution in [0, 0.1) is 17.6 Å². The molecule has 2 rings (SSSR count). The molecule has 0 radical (unpaired) electrons. The van der Waals surface area contributed by atoms with Crippen LogP contribution in [0.2, 0.25) is 0 Å². The summed E-state index contributed by atoms with van der Waals surface area (Å²) in [4.78, 5) is 0. The van der Waals surface area contributed by atoms with Gasteiger partial charge in [-0.25, -0.2) is 8.78 Å². The van der Waals surface area contributed by atoms with Crippen molar-refractivity contribution in [3.8, 4) is 0 Å². The number of aliphatic hydroxyl groups is 1. The van der Waals surface area contributed by atoms with Gasteiger partial charge < -0.3 is 5.11 Å². The predicted octanol–water partition coefficient (Wildman–Crippen LogP) is 3.06. The van der Waals surface area contributed by atoms with Crippen molar-refractivity contribution in [3.63, 3.8) is 0 Å². The van der Waals surface area contributed by atoms with Gasteiger partial charge in [0.1, 0.15) is 11.6 Å². The van der Waals surface area contributed by atoms with Crippen LogP contribution in [0.25, 0.3) is 0 Å². The van der Waals surface area contributed by atoms with Crippen molar-refractivity contribution >= 4 is 0 Å². The van der Waals surface area contributed by atoms with Crippen LogP contribution >= 0.6 is 0 Å². The fourth-order valence-electron chi connectivity index (χ4n) is 2.41. The highest BCUT2D eigenvalue weighted by molar-refractivity contribution is 5.19. The summed E-state index contributed by atoms with van der Waals surface area (Å²) in [5, 5.41) is 9.77. The third-order valence-corrected chi connectivity index (χ3v) is 3.36. The van der Waals surface area contributed by atoms with Gasteiger partial charge in [-0.15, -0.1) is 0 Å². The van der Waals surface area contributed by atoms with E-state index in [9.17, 15) is 13.9 Å². The van der Waals surface area contributed by atoms with E-state index < -0.39 is 5.82 Å². The molecule has 1 nitrogen and oxygen atoms in total. The summed E-state index contributed by atoms with van der Waals surface area (Å²) in [6, 6.07) is 3.51. The second-order valence-corrected chi connectivity index (χ2v) is 4.55. The average Bonchev–Trinajstić information content (AvgIpc) is 2.27. The monoisotopic (exact) mass is 226 g/mol. The molecule has 88 valence electrons. The van der Waals surface area contributed by atoms with Gasteiger partial charge in [-0.2, -0.15) is 0 Å². The maximum Gasteiger partial charge on any atom is 0.126 e. The molecule has 1 saturated carbocycles. The van der Waals surface area contributed by atoms with Gasteiger partial charge in [0.2, 0.25) is 0 Å². The highest BCUT2D eigenvalue weighted by Gasteiger charge is 2.24. The molecule has 2 unspecified atom stereocenters. The number of halogens is 2. The summed E-state index contributed by atoms with van der Waals surface area (Å²) in [6.45, 7) is 0. The van der Waals surface area contributed by atoms with Crippen LogP contribution in [0.5, 0.6) is 0 Å². The number of hydrogen-bond acceptors (Lipinski definition) is 1. The third-order valence-electron chi connectivity index (χ3n) is 3.36. The molecule has 0 aliphatic heterocycles. The lowest BCUT2D eigenvalue weighted by molar-refractivity contribution is 0.0696. The summed E-state index contributed by atoms with van der Waals surface area (Å²) >= 11 is 0. The molecule has 1 N–H and O–H groups in total. The Morgan fingerprint density at radius 1 is 1.19 bits per heavy atom. The molecule has 1 aromatic rings. The maximum absolute atomic E-state index is 13.4. The Morgan fingerprint density at radius 3 is 2.69 bits per heavy atom. The lowest BCUT2D eigenvalue weighted by atomic mass is 9.82. The lowest BCUT2D eigenvalue weighted by Crippen LogP contribution is -2.26. The van der Waals surface area contributed by atoms with E-state index in [1.807, 2.05) is 0 Å². The zero-order valence-electron chi connectivity index (χ0n) is 9.13. The van der Waals surface area contributed by atoms with Crippen molar-refractivity contribution in [3.05, 3.63) is 35.4 Å². The van der Waals surface area contributed by atoms with E-state index in [2.05, 4.69) is 0 Å². The second kappa shape index (κ2) is 4.91. The SMILES string of the molecule is OC1CCCCC1Cc1cc(F)ccc1F. The number of benzene rings is 1. The van der Waals surface area contributed by atoms with Gasteiger partial charge in [-0.05, 0) is 48.9 Å². The van der Waals surface area contributed by atoms with Crippen LogP contribution in [0.3, 0.4) is 0 Å². The van der Waals surface area contributed by atoms with Gasteiger partial charge in [-0.3, -0.25) is 0 Å². The average molecular weight is 226 g/mol. The lowest BCUT2D eigenvalue weighted by Gasteiger charge is -2.27. The minimum Gasteiger partial charge on any atom is -0.393 e.